The first-order chi connectivity index (χ1) is 6.09. The van der Waals surface area contributed by atoms with Crippen molar-refractivity contribution >= 4 is 5.96 Å². The number of hydrogen-bond acceptors (Lipinski definition) is 3. The van der Waals surface area contributed by atoms with Crippen LogP contribution in [-0.2, 0) is 0 Å². The van der Waals surface area contributed by atoms with Crippen LogP contribution in [-0.4, -0.2) is 30.1 Å². The summed E-state index contributed by atoms with van der Waals surface area (Å²) < 4.78 is 0. The van der Waals surface area contributed by atoms with Crippen LogP contribution in [0.3, 0.4) is 0 Å². The Morgan fingerprint density at radius 3 is 2.38 bits per heavy atom. The molecule has 1 aliphatic rings. The number of rotatable bonds is 1. The van der Waals surface area contributed by atoms with Crippen molar-refractivity contribution in [2.45, 2.75) is 37.8 Å². The predicted octanol–water partition coefficient (Wildman–Crippen LogP) is -0.414. The number of nitrogens with one attached hydrogen (secondary N) is 2. The van der Waals surface area contributed by atoms with E-state index in [0.717, 1.165) is 25.7 Å². The van der Waals surface area contributed by atoms with Crippen molar-refractivity contribution in [1.82, 2.24) is 10.3 Å². The molecule has 0 heterocycles. The maximum atomic E-state index is 7.49. The Labute approximate surface area is 78.9 Å². The summed E-state index contributed by atoms with van der Waals surface area (Å²) in [6.45, 7) is 0. The van der Waals surface area contributed by atoms with Crippen LogP contribution in [0.2, 0.25) is 0 Å². The highest BCUT2D eigenvalue weighted by Crippen LogP contribution is 2.16. The summed E-state index contributed by atoms with van der Waals surface area (Å²) in [5.74, 6) is 5.68. The average molecular weight is 185 g/mol. The van der Waals surface area contributed by atoms with Crippen molar-refractivity contribution in [2.24, 2.45) is 11.6 Å². The van der Waals surface area contributed by atoms with Gasteiger partial charge < -0.3 is 11.1 Å². The molecule has 5 heteroatoms. The van der Waals surface area contributed by atoms with Gasteiger partial charge >= 0.3 is 0 Å². The van der Waals surface area contributed by atoms with Gasteiger partial charge in [-0.15, -0.1) is 0 Å². The van der Waals surface area contributed by atoms with Gasteiger partial charge in [0.05, 0.1) is 0 Å². The van der Waals surface area contributed by atoms with Crippen LogP contribution in [0.5, 0.6) is 0 Å². The fourth-order valence-corrected chi connectivity index (χ4v) is 1.56. The van der Waals surface area contributed by atoms with Gasteiger partial charge in [0.15, 0.2) is 0 Å². The van der Waals surface area contributed by atoms with E-state index in [1.807, 2.05) is 0 Å². The van der Waals surface area contributed by atoms with Crippen LogP contribution >= 0.6 is 0 Å². The molecule has 6 N–H and O–H groups in total. The van der Waals surface area contributed by atoms with E-state index in [4.69, 9.17) is 17.0 Å². The number of hydrazine groups is 1. The van der Waals surface area contributed by atoms with E-state index < -0.39 is 0 Å². The van der Waals surface area contributed by atoms with E-state index >= 15 is 0 Å². The van der Waals surface area contributed by atoms with E-state index in [1.54, 1.807) is 7.05 Å². The molecule has 0 aromatic carbocycles. The summed E-state index contributed by atoms with van der Waals surface area (Å²) in [7, 11) is 1.66. The number of nitrogens with two attached hydrogens (primary N) is 2. The summed E-state index contributed by atoms with van der Waals surface area (Å²) in [6.07, 6.45) is 4.16. The minimum absolute atomic E-state index is 0.278. The first-order valence-corrected chi connectivity index (χ1v) is 4.68. The van der Waals surface area contributed by atoms with Gasteiger partial charge in [-0.05, 0) is 25.7 Å². The fourth-order valence-electron chi connectivity index (χ4n) is 1.56. The van der Waals surface area contributed by atoms with Crippen LogP contribution in [0.4, 0.5) is 0 Å². The Kier molecular flexibility index (Phi) is 3.50. The lowest BCUT2D eigenvalue weighted by Gasteiger charge is -2.28. The standard InChI is InChI=1S/C8H19N5/c1-13(11)8(10)12-7-4-2-6(9)3-5-7/h6-7H,2-5,9,11H2,1H3,(H2,10,12). The zero-order valence-electron chi connectivity index (χ0n) is 8.09. The first kappa shape index (κ1) is 10.3. The molecule has 1 rings (SSSR count). The Morgan fingerprint density at radius 1 is 1.38 bits per heavy atom. The van der Waals surface area contributed by atoms with E-state index in [9.17, 15) is 0 Å². The van der Waals surface area contributed by atoms with Crippen LogP contribution in [0.25, 0.3) is 0 Å². The Morgan fingerprint density at radius 2 is 1.92 bits per heavy atom. The van der Waals surface area contributed by atoms with E-state index in [1.165, 1.54) is 5.01 Å². The van der Waals surface area contributed by atoms with Crippen molar-refractivity contribution in [3.63, 3.8) is 0 Å². The van der Waals surface area contributed by atoms with E-state index in [-0.39, 0.29) is 5.96 Å². The van der Waals surface area contributed by atoms with Gasteiger partial charge in [-0.25, -0.2) is 5.84 Å². The molecule has 0 unspecified atom stereocenters. The molecular formula is C8H19N5. The minimum Gasteiger partial charge on any atom is -0.353 e. The zero-order valence-corrected chi connectivity index (χ0v) is 8.09. The molecule has 0 aliphatic heterocycles. The van der Waals surface area contributed by atoms with Gasteiger partial charge in [0.2, 0.25) is 5.96 Å². The zero-order chi connectivity index (χ0) is 9.84. The maximum Gasteiger partial charge on any atom is 0.205 e. The lowest BCUT2D eigenvalue weighted by molar-refractivity contribution is 0.359. The third-order valence-electron chi connectivity index (χ3n) is 2.47. The van der Waals surface area contributed by atoms with Crippen molar-refractivity contribution in [3.05, 3.63) is 0 Å². The molecule has 0 saturated heterocycles. The molecule has 0 aromatic heterocycles. The van der Waals surface area contributed by atoms with Crippen LogP contribution in [0, 0.1) is 5.41 Å². The summed E-state index contributed by atoms with van der Waals surface area (Å²) in [6, 6.07) is 0.723. The monoisotopic (exact) mass is 185 g/mol. The molecule has 76 valence electrons. The van der Waals surface area contributed by atoms with Gasteiger partial charge in [-0.2, -0.15) is 0 Å². The van der Waals surface area contributed by atoms with Gasteiger partial charge in [-0.3, -0.25) is 10.4 Å². The van der Waals surface area contributed by atoms with Crippen molar-refractivity contribution < 1.29 is 0 Å². The second kappa shape index (κ2) is 4.43. The molecule has 0 spiro atoms. The third-order valence-corrected chi connectivity index (χ3v) is 2.47. The molecule has 0 amide bonds. The van der Waals surface area contributed by atoms with Crippen LogP contribution < -0.4 is 16.9 Å². The predicted molar refractivity (Wildman–Crippen MR) is 53.0 cm³/mol. The molecule has 0 radical (unpaired) electrons. The van der Waals surface area contributed by atoms with Crippen molar-refractivity contribution in [1.29, 1.82) is 5.41 Å². The third kappa shape index (κ3) is 3.20. The summed E-state index contributed by atoms with van der Waals surface area (Å²) in [5, 5.41) is 11.8. The normalized spacial score (nSPS) is 28.2. The Balaban J connectivity index is 2.26. The maximum absolute atomic E-state index is 7.49. The van der Waals surface area contributed by atoms with Gasteiger partial charge in [-0.1, -0.05) is 0 Å². The molecular weight excluding hydrogens is 166 g/mol. The van der Waals surface area contributed by atoms with Crippen molar-refractivity contribution in [2.75, 3.05) is 7.05 Å². The van der Waals surface area contributed by atoms with Crippen molar-refractivity contribution in [3.8, 4) is 0 Å². The molecule has 0 atom stereocenters. The molecule has 1 fully saturated rings. The molecule has 0 bridgehead atoms. The largest absolute Gasteiger partial charge is 0.353 e. The van der Waals surface area contributed by atoms with E-state index in [0.29, 0.717) is 12.1 Å². The lowest BCUT2D eigenvalue weighted by Crippen LogP contribution is -2.48. The highest BCUT2D eigenvalue weighted by molar-refractivity contribution is 5.75. The smallest absolute Gasteiger partial charge is 0.205 e. The second-order valence-corrected chi connectivity index (χ2v) is 3.72. The quantitative estimate of drug-likeness (QED) is 0.193. The molecule has 1 saturated carbocycles. The fraction of sp³-hybridized carbons (Fsp3) is 0.875. The molecule has 5 nitrogen and oxygen atoms in total. The number of guanidine groups is 1. The minimum atomic E-state index is 0.278. The van der Waals surface area contributed by atoms with Crippen LogP contribution in [0.15, 0.2) is 0 Å². The number of nitrogens with zero attached hydrogens (tertiary/aromatic N) is 1. The summed E-state index contributed by atoms with van der Waals surface area (Å²) in [5.41, 5.74) is 5.77. The Hall–Kier alpha value is -0.810. The summed E-state index contributed by atoms with van der Waals surface area (Å²) in [4.78, 5) is 0. The topological polar surface area (TPSA) is 91.2 Å². The molecule has 13 heavy (non-hydrogen) atoms. The van der Waals surface area contributed by atoms with Gasteiger partial charge in [0.1, 0.15) is 0 Å². The summed E-state index contributed by atoms with van der Waals surface area (Å²) >= 11 is 0. The van der Waals surface area contributed by atoms with Crippen LogP contribution in [0.1, 0.15) is 25.7 Å². The van der Waals surface area contributed by atoms with E-state index in [2.05, 4.69) is 5.32 Å². The lowest BCUT2D eigenvalue weighted by atomic mass is 9.92. The highest BCUT2D eigenvalue weighted by atomic mass is 15.5. The number of hydrogen-bond donors (Lipinski definition) is 4. The SMILES string of the molecule is CN(N)C(=N)NC1CCC(N)CC1. The average Bonchev–Trinajstić information content (AvgIpc) is 2.08. The molecule has 1 aliphatic carbocycles. The second-order valence-electron chi connectivity index (χ2n) is 3.72. The highest BCUT2D eigenvalue weighted by Gasteiger charge is 2.19. The van der Waals surface area contributed by atoms with Gasteiger partial charge in [0.25, 0.3) is 0 Å². The first-order valence-electron chi connectivity index (χ1n) is 4.68. The Bertz CT molecular complexity index is 171. The van der Waals surface area contributed by atoms with Gasteiger partial charge in [0, 0.05) is 19.1 Å². The molecule has 0 aromatic rings.